The molecule has 0 saturated carbocycles. The van der Waals surface area contributed by atoms with Crippen molar-refractivity contribution in [2.45, 2.75) is 96.3 Å². The number of benzene rings is 5. The molecule has 5 rings (SSSR count). The third-order valence-corrected chi connectivity index (χ3v) is 11.6. The number of hydrogen-bond donors (Lipinski definition) is 0. The van der Waals surface area contributed by atoms with Crippen LogP contribution in [-0.2, 0) is 32.1 Å². The molecule has 5 aromatic carbocycles. The summed E-state index contributed by atoms with van der Waals surface area (Å²) >= 11 is 0. The van der Waals surface area contributed by atoms with Crippen molar-refractivity contribution in [2.75, 3.05) is 58.9 Å². The zero-order chi connectivity index (χ0) is 39.3. The molecule has 0 radical (unpaired) electrons. The van der Waals surface area contributed by atoms with Crippen LogP contribution in [0.5, 0.6) is 0 Å². The Morgan fingerprint density at radius 3 is 0.632 bits per heavy atom. The monoisotopic (exact) mass is 764 g/mol. The Morgan fingerprint density at radius 1 is 0.193 bits per heavy atom. The summed E-state index contributed by atoms with van der Waals surface area (Å²) in [7, 11) is 0. The van der Waals surface area contributed by atoms with Crippen molar-refractivity contribution in [2.24, 2.45) is 0 Å². The molecule has 0 aliphatic carbocycles. The lowest BCUT2D eigenvalue weighted by molar-refractivity contribution is 0.202. The van der Waals surface area contributed by atoms with Crippen LogP contribution in [0.2, 0.25) is 0 Å². The van der Waals surface area contributed by atoms with Gasteiger partial charge in [-0.25, -0.2) is 0 Å². The van der Waals surface area contributed by atoms with E-state index in [1.807, 2.05) is 0 Å². The van der Waals surface area contributed by atoms with Crippen LogP contribution < -0.4 is 0 Å². The van der Waals surface area contributed by atoms with E-state index < -0.39 is 0 Å². The van der Waals surface area contributed by atoms with E-state index in [0.29, 0.717) is 0 Å². The van der Waals surface area contributed by atoms with Gasteiger partial charge in [-0.1, -0.05) is 152 Å². The van der Waals surface area contributed by atoms with E-state index in [2.05, 4.69) is 166 Å². The fourth-order valence-corrected chi connectivity index (χ4v) is 8.27. The minimum absolute atomic E-state index is 1.17. The molecular weight excluding hydrogens is 691 g/mol. The molecule has 0 heterocycles. The summed E-state index contributed by atoms with van der Waals surface area (Å²) in [5, 5.41) is 0. The van der Waals surface area contributed by atoms with Gasteiger partial charge in [-0.2, -0.15) is 0 Å². The van der Waals surface area contributed by atoms with E-state index in [1.165, 1.54) is 183 Å². The predicted octanol–water partition coefficient (Wildman–Crippen LogP) is 12.0. The second-order valence-electron chi connectivity index (χ2n) is 16.2. The predicted molar refractivity (Wildman–Crippen MR) is 246 cm³/mol. The van der Waals surface area contributed by atoms with Crippen LogP contribution in [0.3, 0.4) is 0 Å². The van der Waals surface area contributed by atoms with Crippen molar-refractivity contribution >= 4 is 0 Å². The van der Waals surface area contributed by atoms with Gasteiger partial charge < -0.3 is 14.7 Å². The number of hydrogen-bond acceptors (Lipinski definition) is 3. The van der Waals surface area contributed by atoms with E-state index >= 15 is 0 Å². The number of unbranched alkanes of at least 4 members (excludes halogenated alkanes) is 3. The van der Waals surface area contributed by atoms with Gasteiger partial charge in [0, 0.05) is 0 Å². The van der Waals surface area contributed by atoms with Crippen molar-refractivity contribution in [3.05, 3.63) is 179 Å². The van der Waals surface area contributed by atoms with Gasteiger partial charge in [0.25, 0.3) is 0 Å². The first-order chi connectivity index (χ1) is 28.3. The smallest absolute Gasteiger partial charge is 0.000654 e. The summed E-state index contributed by atoms with van der Waals surface area (Å²) in [5.41, 5.74) is 7.35. The van der Waals surface area contributed by atoms with Crippen LogP contribution in [0.4, 0.5) is 0 Å². The fraction of sp³-hybridized carbons (Fsp3) is 0.444. The number of rotatable bonds is 31. The summed E-state index contributed by atoms with van der Waals surface area (Å²) < 4.78 is 0. The molecule has 0 saturated heterocycles. The van der Waals surface area contributed by atoms with Crippen LogP contribution in [0.15, 0.2) is 152 Å². The van der Waals surface area contributed by atoms with Crippen molar-refractivity contribution in [1.29, 1.82) is 0 Å². The molecule has 0 aromatic heterocycles. The molecule has 0 aliphatic heterocycles. The van der Waals surface area contributed by atoms with Crippen molar-refractivity contribution in [3.8, 4) is 0 Å². The van der Waals surface area contributed by atoms with Crippen LogP contribution in [0.25, 0.3) is 0 Å². The molecule has 0 bridgehead atoms. The van der Waals surface area contributed by atoms with Crippen molar-refractivity contribution in [3.63, 3.8) is 0 Å². The minimum Gasteiger partial charge on any atom is -0.303 e. The van der Waals surface area contributed by atoms with E-state index in [4.69, 9.17) is 0 Å². The highest BCUT2D eigenvalue weighted by atomic mass is 15.2. The molecule has 3 heteroatoms. The number of aryl methyl sites for hydroxylation is 5. The molecule has 0 unspecified atom stereocenters. The lowest BCUT2D eigenvalue weighted by Crippen LogP contribution is -2.34. The van der Waals surface area contributed by atoms with Crippen molar-refractivity contribution < 1.29 is 0 Å². The molecule has 57 heavy (non-hydrogen) atoms. The third kappa shape index (κ3) is 19.8. The van der Waals surface area contributed by atoms with Gasteiger partial charge in [-0.05, 0) is 183 Å². The molecule has 3 nitrogen and oxygen atoms in total. The van der Waals surface area contributed by atoms with Gasteiger partial charge in [-0.3, -0.25) is 0 Å². The Balaban J connectivity index is 1.12. The zero-order valence-corrected chi connectivity index (χ0v) is 35.2. The number of nitrogens with zero attached hydrogens (tertiary/aromatic N) is 3. The van der Waals surface area contributed by atoms with Crippen LogP contribution >= 0.6 is 0 Å². The summed E-state index contributed by atoms with van der Waals surface area (Å²) in [6.07, 6.45) is 18.5. The Hall–Kier alpha value is -4.02. The van der Waals surface area contributed by atoms with Gasteiger partial charge in [-0.15, -0.1) is 0 Å². The van der Waals surface area contributed by atoms with E-state index in [-0.39, 0.29) is 0 Å². The Morgan fingerprint density at radius 2 is 0.386 bits per heavy atom. The second-order valence-corrected chi connectivity index (χ2v) is 16.2. The lowest BCUT2D eigenvalue weighted by Gasteiger charge is -2.28. The minimum atomic E-state index is 1.17. The molecule has 0 aliphatic rings. The topological polar surface area (TPSA) is 9.72 Å². The van der Waals surface area contributed by atoms with Gasteiger partial charge in [0.2, 0.25) is 0 Å². The molecule has 0 amide bonds. The maximum Gasteiger partial charge on any atom is -0.000654 e. The van der Waals surface area contributed by atoms with Crippen LogP contribution in [0, 0.1) is 0 Å². The maximum atomic E-state index is 2.82. The normalized spacial score (nSPS) is 11.6. The SMILES string of the molecule is c1ccc(CCCCN(CCCc2ccccc2)CCCN(CCCCc2ccccc2)CCCN(CCCCc2ccccc2)CCCc2ccccc2)cc1. The largest absolute Gasteiger partial charge is 0.303 e. The molecule has 0 spiro atoms. The quantitative estimate of drug-likeness (QED) is 0.0416. The Kier molecular flexibility index (Phi) is 22.0. The van der Waals surface area contributed by atoms with Gasteiger partial charge in [0.05, 0.1) is 0 Å². The van der Waals surface area contributed by atoms with E-state index in [9.17, 15) is 0 Å². The average Bonchev–Trinajstić information content (AvgIpc) is 3.26. The molecular formula is C54H73N3. The Bertz CT molecular complexity index is 1540. The summed E-state index contributed by atoms with van der Waals surface area (Å²) in [4.78, 5) is 8.39. The maximum absolute atomic E-state index is 2.82. The molecule has 304 valence electrons. The first-order valence-electron chi connectivity index (χ1n) is 22.7. The van der Waals surface area contributed by atoms with Gasteiger partial charge in [0.1, 0.15) is 0 Å². The van der Waals surface area contributed by atoms with Crippen molar-refractivity contribution in [1.82, 2.24) is 14.7 Å². The lowest BCUT2D eigenvalue weighted by atomic mass is 10.1. The van der Waals surface area contributed by atoms with Crippen LogP contribution in [0.1, 0.15) is 92.0 Å². The highest BCUT2D eigenvalue weighted by Crippen LogP contribution is 2.12. The van der Waals surface area contributed by atoms with E-state index in [1.54, 1.807) is 0 Å². The molecule has 0 N–H and O–H groups in total. The Labute approximate surface area is 348 Å². The molecule has 0 atom stereocenters. The third-order valence-electron chi connectivity index (χ3n) is 11.6. The van der Waals surface area contributed by atoms with Gasteiger partial charge >= 0.3 is 0 Å². The second kappa shape index (κ2) is 28.4. The highest BCUT2D eigenvalue weighted by molar-refractivity contribution is 5.17. The highest BCUT2D eigenvalue weighted by Gasteiger charge is 2.12. The summed E-state index contributed by atoms with van der Waals surface area (Å²) in [6.45, 7) is 10.8. The fourth-order valence-electron chi connectivity index (χ4n) is 8.27. The van der Waals surface area contributed by atoms with E-state index in [0.717, 1.165) is 0 Å². The average molecular weight is 764 g/mol. The molecule has 5 aromatic rings. The van der Waals surface area contributed by atoms with Crippen LogP contribution in [-0.4, -0.2) is 73.6 Å². The summed E-state index contributed by atoms with van der Waals surface area (Å²) in [5.74, 6) is 0. The first-order valence-corrected chi connectivity index (χ1v) is 22.7. The first kappa shape index (κ1) is 44.1. The van der Waals surface area contributed by atoms with Gasteiger partial charge in [0.15, 0.2) is 0 Å². The zero-order valence-electron chi connectivity index (χ0n) is 35.2. The standard InChI is InChI=1S/C54H73N3/c1-6-26-50(27-7-1)36-16-19-41-55(44-22-39-53-32-12-4-13-33-53)46-24-48-57(43-21-18-38-52-30-10-3-11-31-52)49-25-47-56(45-23-40-54-34-14-5-15-35-54)42-20-17-37-51-28-8-2-9-29-51/h1-15,26-35H,16-25,36-49H2. The molecule has 0 fully saturated rings. The summed E-state index contributed by atoms with van der Waals surface area (Å²) in [6, 6.07) is 55.3.